The van der Waals surface area contributed by atoms with Crippen molar-refractivity contribution in [3.05, 3.63) is 24.3 Å². The van der Waals surface area contributed by atoms with Crippen LogP contribution in [0.15, 0.2) is 24.3 Å². The molecule has 0 fully saturated rings. The highest BCUT2D eigenvalue weighted by Gasteiger charge is 2.11. The fourth-order valence-electron chi connectivity index (χ4n) is 1.48. The molecule has 1 aromatic carbocycles. The molecular formula is C14H20N2O4. The summed E-state index contributed by atoms with van der Waals surface area (Å²) in [5, 5.41) is 2.79. The maximum Gasteiger partial charge on any atom is 0.343 e. The molecule has 110 valence electrons. The van der Waals surface area contributed by atoms with Crippen LogP contribution in [-0.2, 0) is 14.3 Å². The van der Waals surface area contributed by atoms with Gasteiger partial charge in [-0.15, -0.1) is 0 Å². The number of nitrogens with two attached hydrogens (primary N) is 1. The molecule has 0 heterocycles. The van der Waals surface area contributed by atoms with E-state index in [4.69, 9.17) is 10.5 Å². The maximum absolute atomic E-state index is 11.8. The summed E-state index contributed by atoms with van der Waals surface area (Å²) >= 11 is 0. The second-order valence-electron chi connectivity index (χ2n) is 4.36. The number of anilines is 1. The van der Waals surface area contributed by atoms with Crippen molar-refractivity contribution in [2.75, 3.05) is 25.6 Å². The van der Waals surface area contributed by atoms with Crippen LogP contribution in [0, 0.1) is 5.92 Å². The van der Waals surface area contributed by atoms with Gasteiger partial charge in [-0.25, -0.2) is 4.79 Å². The third-order valence-electron chi connectivity index (χ3n) is 2.75. The van der Waals surface area contributed by atoms with Crippen molar-refractivity contribution in [3.8, 4) is 5.75 Å². The number of esters is 1. The van der Waals surface area contributed by atoms with Gasteiger partial charge in [0.25, 0.3) is 0 Å². The van der Waals surface area contributed by atoms with Crippen LogP contribution < -0.4 is 15.8 Å². The normalized spacial score (nSPS) is 11.6. The zero-order valence-electron chi connectivity index (χ0n) is 11.7. The van der Waals surface area contributed by atoms with Crippen LogP contribution in [0.3, 0.4) is 0 Å². The Hall–Kier alpha value is -2.08. The summed E-state index contributed by atoms with van der Waals surface area (Å²) in [5.74, 6) is -0.115. The molecule has 1 amide bonds. The third kappa shape index (κ3) is 5.27. The average molecular weight is 280 g/mol. The fourth-order valence-corrected chi connectivity index (χ4v) is 1.48. The van der Waals surface area contributed by atoms with E-state index >= 15 is 0 Å². The van der Waals surface area contributed by atoms with E-state index in [9.17, 15) is 9.59 Å². The summed E-state index contributed by atoms with van der Waals surface area (Å²) in [7, 11) is 1.30. The van der Waals surface area contributed by atoms with Gasteiger partial charge >= 0.3 is 5.97 Å². The third-order valence-corrected chi connectivity index (χ3v) is 2.75. The average Bonchev–Trinajstić information content (AvgIpc) is 2.46. The topological polar surface area (TPSA) is 90.6 Å². The lowest BCUT2D eigenvalue weighted by Gasteiger charge is -2.11. The lowest BCUT2D eigenvalue weighted by Crippen LogP contribution is -2.22. The first kappa shape index (κ1) is 16.0. The molecule has 0 saturated carbocycles. The quantitative estimate of drug-likeness (QED) is 0.731. The molecular weight excluding hydrogens is 260 g/mol. The van der Waals surface area contributed by atoms with Crippen LogP contribution >= 0.6 is 0 Å². The van der Waals surface area contributed by atoms with Crippen molar-refractivity contribution in [3.63, 3.8) is 0 Å². The molecule has 3 N–H and O–H groups in total. The Morgan fingerprint density at radius 2 is 1.95 bits per heavy atom. The van der Waals surface area contributed by atoms with E-state index in [1.807, 2.05) is 6.92 Å². The van der Waals surface area contributed by atoms with Crippen molar-refractivity contribution < 1.29 is 19.1 Å². The smallest absolute Gasteiger partial charge is 0.343 e. The Morgan fingerprint density at radius 1 is 1.30 bits per heavy atom. The molecule has 0 radical (unpaired) electrons. The highest BCUT2D eigenvalue weighted by molar-refractivity contribution is 5.92. The number of hydrogen-bond acceptors (Lipinski definition) is 5. The summed E-state index contributed by atoms with van der Waals surface area (Å²) in [6, 6.07) is 6.76. The van der Waals surface area contributed by atoms with Crippen LogP contribution in [-0.4, -0.2) is 32.1 Å². The van der Waals surface area contributed by atoms with Crippen molar-refractivity contribution in [1.29, 1.82) is 0 Å². The Kier molecular flexibility index (Phi) is 6.52. The van der Waals surface area contributed by atoms with Crippen molar-refractivity contribution in [2.24, 2.45) is 11.7 Å². The number of rotatable bonds is 7. The van der Waals surface area contributed by atoms with E-state index in [0.29, 0.717) is 24.4 Å². The fraction of sp³-hybridized carbons (Fsp3) is 0.429. The largest absolute Gasteiger partial charge is 0.482 e. The molecule has 1 unspecified atom stereocenters. The zero-order valence-corrected chi connectivity index (χ0v) is 11.7. The molecule has 0 aliphatic carbocycles. The van der Waals surface area contributed by atoms with Crippen molar-refractivity contribution in [1.82, 2.24) is 0 Å². The first-order chi connectivity index (χ1) is 9.56. The van der Waals surface area contributed by atoms with Crippen LogP contribution in [0.25, 0.3) is 0 Å². The summed E-state index contributed by atoms with van der Waals surface area (Å²) < 4.78 is 9.67. The van der Waals surface area contributed by atoms with E-state index < -0.39 is 5.97 Å². The van der Waals surface area contributed by atoms with Gasteiger partial charge in [0.1, 0.15) is 5.75 Å². The summed E-state index contributed by atoms with van der Waals surface area (Å²) in [6.45, 7) is 2.17. The van der Waals surface area contributed by atoms with Gasteiger partial charge in [-0.3, -0.25) is 4.79 Å². The summed E-state index contributed by atoms with van der Waals surface area (Å²) in [4.78, 5) is 22.7. The zero-order chi connectivity index (χ0) is 15.0. The Morgan fingerprint density at radius 3 is 2.50 bits per heavy atom. The predicted molar refractivity (Wildman–Crippen MR) is 75.4 cm³/mol. The molecule has 20 heavy (non-hydrogen) atoms. The number of carbonyl (C=O) groups excluding carboxylic acids is 2. The number of methoxy groups -OCH3 is 1. The van der Waals surface area contributed by atoms with Gasteiger partial charge in [0.15, 0.2) is 6.61 Å². The lowest BCUT2D eigenvalue weighted by molar-refractivity contribution is -0.142. The number of benzene rings is 1. The Labute approximate surface area is 118 Å². The SMILES string of the molecule is COC(=O)COc1ccc(NC(=O)C(C)CCN)cc1. The molecule has 0 aliphatic heterocycles. The molecule has 1 aromatic rings. The molecule has 0 aliphatic rings. The minimum atomic E-state index is -0.446. The van der Waals surface area contributed by atoms with Crippen LogP contribution in [0.4, 0.5) is 5.69 Å². The van der Waals surface area contributed by atoms with Crippen LogP contribution in [0.2, 0.25) is 0 Å². The minimum Gasteiger partial charge on any atom is -0.482 e. The molecule has 1 atom stereocenters. The number of amides is 1. The van der Waals surface area contributed by atoms with E-state index in [0.717, 1.165) is 0 Å². The second-order valence-corrected chi connectivity index (χ2v) is 4.36. The predicted octanol–water partition coefficient (Wildman–Crippen LogP) is 1.16. The Balaban J connectivity index is 2.50. The number of hydrogen-bond donors (Lipinski definition) is 2. The first-order valence-electron chi connectivity index (χ1n) is 6.37. The highest BCUT2D eigenvalue weighted by atomic mass is 16.6. The van der Waals surface area contributed by atoms with Gasteiger partial charge in [0.2, 0.25) is 5.91 Å². The molecule has 0 saturated heterocycles. The van der Waals surface area contributed by atoms with Gasteiger partial charge in [0, 0.05) is 11.6 Å². The van der Waals surface area contributed by atoms with Crippen molar-refractivity contribution >= 4 is 17.6 Å². The molecule has 0 bridgehead atoms. The first-order valence-corrected chi connectivity index (χ1v) is 6.37. The van der Waals surface area contributed by atoms with Crippen LogP contribution in [0.1, 0.15) is 13.3 Å². The van der Waals surface area contributed by atoms with Gasteiger partial charge in [-0.2, -0.15) is 0 Å². The van der Waals surface area contributed by atoms with Gasteiger partial charge in [-0.1, -0.05) is 6.92 Å². The van der Waals surface area contributed by atoms with Gasteiger partial charge in [0.05, 0.1) is 7.11 Å². The summed E-state index contributed by atoms with van der Waals surface area (Å²) in [6.07, 6.45) is 0.645. The second kappa shape index (κ2) is 8.16. The Bertz CT molecular complexity index is 445. The van der Waals surface area contributed by atoms with Gasteiger partial charge < -0.3 is 20.5 Å². The van der Waals surface area contributed by atoms with Gasteiger partial charge in [-0.05, 0) is 37.2 Å². The standard InChI is InChI=1S/C14H20N2O4/c1-10(7-8-15)14(18)16-11-3-5-12(6-4-11)20-9-13(17)19-2/h3-6,10H,7-9,15H2,1-2H3,(H,16,18). The number of nitrogens with one attached hydrogen (secondary N) is 1. The molecule has 0 spiro atoms. The van der Waals surface area contributed by atoms with Crippen molar-refractivity contribution in [2.45, 2.75) is 13.3 Å². The van der Waals surface area contributed by atoms with E-state index in [2.05, 4.69) is 10.1 Å². The molecule has 1 rings (SSSR count). The van der Waals surface area contributed by atoms with E-state index in [-0.39, 0.29) is 18.4 Å². The lowest BCUT2D eigenvalue weighted by atomic mass is 10.1. The monoisotopic (exact) mass is 280 g/mol. The number of carbonyl (C=O) groups is 2. The number of ether oxygens (including phenoxy) is 2. The highest BCUT2D eigenvalue weighted by Crippen LogP contribution is 2.16. The van der Waals surface area contributed by atoms with Crippen LogP contribution in [0.5, 0.6) is 5.75 Å². The molecule has 6 heteroatoms. The molecule has 6 nitrogen and oxygen atoms in total. The molecule has 0 aromatic heterocycles. The van der Waals surface area contributed by atoms with E-state index in [1.54, 1.807) is 24.3 Å². The maximum atomic E-state index is 11.8. The van der Waals surface area contributed by atoms with E-state index in [1.165, 1.54) is 7.11 Å². The summed E-state index contributed by atoms with van der Waals surface area (Å²) in [5.41, 5.74) is 6.09. The minimum absolute atomic E-state index is 0.0707.